The number of rotatable bonds is 5. The molecule has 0 amide bonds. The van der Waals surface area contributed by atoms with Crippen LogP contribution in [-0.4, -0.2) is 66.6 Å². The molecule has 0 saturated carbocycles. The highest BCUT2D eigenvalue weighted by molar-refractivity contribution is 7.98. The lowest BCUT2D eigenvalue weighted by molar-refractivity contribution is 0.0576. The monoisotopic (exact) mass is 379 g/mol. The zero-order valence-corrected chi connectivity index (χ0v) is 16.9. The summed E-state index contributed by atoms with van der Waals surface area (Å²) in [5, 5.41) is 4.25. The highest BCUT2D eigenvalue weighted by atomic mass is 32.2. The topological polar surface area (TPSA) is 27.7 Å². The van der Waals surface area contributed by atoms with Gasteiger partial charge < -0.3 is 19.9 Å². The molecule has 1 aromatic carbocycles. The fourth-order valence-electron chi connectivity index (χ4n) is 3.67. The summed E-state index contributed by atoms with van der Waals surface area (Å²) in [5.74, 6) is 0. The van der Waals surface area contributed by atoms with E-state index in [-0.39, 0.29) is 0 Å². The molecule has 138 valence electrons. The average molecular weight is 380 g/mol. The first kappa shape index (κ1) is 19.0. The lowest BCUT2D eigenvalue weighted by atomic mass is 10.0. The van der Waals surface area contributed by atoms with E-state index in [1.54, 1.807) is 11.8 Å². The van der Waals surface area contributed by atoms with Crippen LogP contribution >= 0.6 is 24.0 Å². The minimum Gasteiger partial charge on any atom is -0.377 e. The molecule has 2 saturated heterocycles. The van der Waals surface area contributed by atoms with Gasteiger partial charge in [-0.05, 0) is 69.4 Å². The van der Waals surface area contributed by atoms with Gasteiger partial charge in [0.05, 0.1) is 6.10 Å². The first-order valence-corrected chi connectivity index (χ1v) is 10.8. The van der Waals surface area contributed by atoms with Crippen molar-refractivity contribution < 1.29 is 4.74 Å². The predicted octanol–water partition coefficient (Wildman–Crippen LogP) is 3.68. The van der Waals surface area contributed by atoms with Crippen molar-refractivity contribution in [2.75, 3.05) is 44.9 Å². The standard InChI is InChI=1S/C19H29N3OS2/c1-21(14-17-6-4-12-23-17)16-8-10-22(11-9-16)19(24)20-15-5-3-7-18(13-15)25-2/h3,5,7,13,16-17H,4,6,8-12,14H2,1-2H3,(H,20,24). The van der Waals surface area contributed by atoms with Crippen LogP contribution in [0.1, 0.15) is 25.7 Å². The van der Waals surface area contributed by atoms with E-state index in [2.05, 4.69) is 52.7 Å². The van der Waals surface area contributed by atoms with Crippen LogP contribution in [0.4, 0.5) is 5.69 Å². The second-order valence-corrected chi connectivity index (χ2v) is 8.22. The molecule has 0 aromatic heterocycles. The summed E-state index contributed by atoms with van der Waals surface area (Å²) in [6, 6.07) is 9.06. The van der Waals surface area contributed by atoms with Gasteiger partial charge in [0.2, 0.25) is 0 Å². The summed E-state index contributed by atoms with van der Waals surface area (Å²) in [6.45, 7) is 4.05. The van der Waals surface area contributed by atoms with Crippen LogP contribution in [0.15, 0.2) is 29.2 Å². The lowest BCUT2D eigenvalue weighted by Gasteiger charge is -2.38. The Balaban J connectivity index is 1.45. The van der Waals surface area contributed by atoms with Crippen LogP contribution < -0.4 is 5.32 Å². The second-order valence-electron chi connectivity index (χ2n) is 6.95. The van der Waals surface area contributed by atoms with Gasteiger partial charge in [0.25, 0.3) is 0 Å². The molecule has 0 bridgehead atoms. The maximum Gasteiger partial charge on any atom is 0.173 e. The fourth-order valence-corrected chi connectivity index (χ4v) is 4.43. The Bertz CT molecular complexity index is 570. The summed E-state index contributed by atoms with van der Waals surface area (Å²) in [5.41, 5.74) is 1.08. The normalized spacial score (nSPS) is 21.7. The Morgan fingerprint density at radius 2 is 2.16 bits per heavy atom. The molecule has 2 aliphatic rings. The maximum absolute atomic E-state index is 5.77. The molecule has 1 atom stereocenters. The number of benzene rings is 1. The van der Waals surface area contributed by atoms with E-state index in [0.717, 1.165) is 49.9 Å². The first-order chi connectivity index (χ1) is 12.2. The summed E-state index contributed by atoms with van der Waals surface area (Å²) >= 11 is 7.38. The van der Waals surface area contributed by atoms with Crippen molar-refractivity contribution in [2.24, 2.45) is 0 Å². The van der Waals surface area contributed by atoms with Gasteiger partial charge in [0.1, 0.15) is 0 Å². The number of likely N-dealkylation sites (N-methyl/N-ethyl adjacent to an activating group) is 1. The third kappa shape index (κ3) is 5.33. The second kappa shape index (κ2) is 9.21. The van der Waals surface area contributed by atoms with E-state index in [0.29, 0.717) is 12.1 Å². The molecule has 0 spiro atoms. The van der Waals surface area contributed by atoms with Crippen molar-refractivity contribution in [1.82, 2.24) is 9.80 Å². The van der Waals surface area contributed by atoms with Crippen molar-refractivity contribution in [1.29, 1.82) is 0 Å². The molecule has 6 heteroatoms. The SMILES string of the molecule is CSc1cccc(NC(=S)N2CCC(N(C)CC3CCCO3)CC2)c1. The fraction of sp³-hybridized carbons (Fsp3) is 0.632. The smallest absolute Gasteiger partial charge is 0.173 e. The van der Waals surface area contributed by atoms with Crippen LogP contribution in [0.2, 0.25) is 0 Å². The molecule has 1 N–H and O–H groups in total. The van der Waals surface area contributed by atoms with Gasteiger partial charge in [-0.2, -0.15) is 0 Å². The molecule has 2 heterocycles. The molecule has 0 aliphatic carbocycles. The van der Waals surface area contributed by atoms with Gasteiger partial charge in [0.15, 0.2) is 5.11 Å². The first-order valence-electron chi connectivity index (χ1n) is 9.17. The van der Waals surface area contributed by atoms with Gasteiger partial charge in [-0.15, -0.1) is 11.8 Å². The van der Waals surface area contributed by atoms with E-state index < -0.39 is 0 Å². The van der Waals surface area contributed by atoms with Crippen molar-refractivity contribution in [3.63, 3.8) is 0 Å². The van der Waals surface area contributed by atoms with Crippen molar-refractivity contribution in [3.05, 3.63) is 24.3 Å². The van der Waals surface area contributed by atoms with Crippen molar-refractivity contribution in [3.8, 4) is 0 Å². The molecule has 1 unspecified atom stereocenters. The Kier molecular flexibility index (Phi) is 6.99. The van der Waals surface area contributed by atoms with E-state index in [1.807, 2.05) is 0 Å². The maximum atomic E-state index is 5.77. The molecule has 1 aromatic rings. The summed E-state index contributed by atoms with van der Waals surface area (Å²) < 4.78 is 5.77. The molecular weight excluding hydrogens is 350 g/mol. The number of nitrogens with zero attached hydrogens (tertiary/aromatic N) is 2. The molecule has 4 nitrogen and oxygen atoms in total. The van der Waals surface area contributed by atoms with Gasteiger partial charge in [-0.25, -0.2) is 0 Å². The largest absolute Gasteiger partial charge is 0.377 e. The number of anilines is 1. The predicted molar refractivity (Wildman–Crippen MR) is 111 cm³/mol. The molecule has 25 heavy (non-hydrogen) atoms. The van der Waals surface area contributed by atoms with Gasteiger partial charge in [0, 0.05) is 42.9 Å². The molecule has 3 rings (SSSR count). The number of thioether (sulfide) groups is 1. The van der Waals surface area contributed by atoms with Crippen LogP contribution in [0.25, 0.3) is 0 Å². The molecule has 2 aliphatic heterocycles. The third-order valence-electron chi connectivity index (χ3n) is 5.21. The summed E-state index contributed by atoms with van der Waals surface area (Å²) in [7, 11) is 2.24. The van der Waals surface area contributed by atoms with Crippen LogP contribution in [0, 0.1) is 0 Å². The van der Waals surface area contributed by atoms with E-state index in [1.165, 1.54) is 17.7 Å². The number of thiocarbonyl (C=S) groups is 1. The minimum absolute atomic E-state index is 0.439. The Morgan fingerprint density at radius 1 is 1.36 bits per heavy atom. The van der Waals surface area contributed by atoms with Gasteiger partial charge >= 0.3 is 0 Å². The molecule has 0 radical (unpaired) electrons. The van der Waals surface area contributed by atoms with Crippen LogP contribution in [-0.2, 0) is 4.74 Å². The minimum atomic E-state index is 0.439. The average Bonchev–Trinajstić information content (AvgIpc) is 3.15. The van der Waals surface area contributed by atoms with Crippen LogP contribution in [0.3, 0.4) is 0 Å². The van der Waals surface area contributed by atoms with Crippen molar-refractivity contribution >= 4 is 34.8 Å². The Labute approximate surface area is 161 Å². The summed E-state index contributed by atoms with van der Waals surface area (Å²) in [6.07, 6.45) is 7.29. The van der Waals surface area contributed by atoms with E-state index >= 15 is 0 Å². The van der Waals surface area contributed by atoms with Gasteiger partial charge in [-0.1, -0.05) is 6.07 Å². The highest BCUT2D eigenvalue weighted by Gasteiger charge is 2.26. The number of piperidine rings is 1. The highest BCUT2D eigenvalue weighted by Crippen LogP contribution is 2.22. The van der Waals surface area contributed by atoms with Gasteiger partial charge in [-0.3, -0.25) is 0 Å². The van der Waals surface area contributed by atoms with E-state index in [9.17, 15) is 0 Å². The zero-order valence-electron chi connectivity index (χ0n) is 15.2. The molecular formula is C19H29N3OS2. The number of hydrogen-bond donors (Lipinski definition) is 1. The molecule has 2 fully saturated rings. The number of hydrogen-bond acceptors (Lipinski definition) is 4. The third-order valence-corrected chi connectivity index (χ3v) is 6.30. The Hall–Kier alpha value is -0.820. The number of nitrogens with one attached hydrogen (secondary N) is 1. The lowest BCUT2D eigenvalue weighted by Crippen LogP contribution is -2.48. The quantitative estimate of drug-likeness (QED) is 0.620. The van der Waals surface area contributed by atoms with Crippen molar-refractivity contribution in [2.45, 2.75) is 42.7 Å². The number of likely N-dealkylation sites (tertiary alicyclic amines) is 1. The van der Waals surface area contributed by atoms with E-state index in [4.69, 9.17) is 17.0 Å². The van der Waals surface area contributed by atoms with Crippen LogP contribution in [0.5, 0.6) is 0 Å². The zero-order chi connectivity index (χ0) is 17.6. The number of ether oxygens (including phenoxy) is 1. The Morgan fingerprint density at radius 3 is 2.84 bits per heavy atom. The summed E-state index contributed by atoms with van der Waals surface area (Å²) in [4.78, 5) is 6.05.